The van der Waals surface area contributed by atoms with E-state index >= 15 is 0 Å². The highest BCUT2D eigenvalue weighted by molar-refractivity contribution is 7.99. The Labute approximate surface area is 136 Å². The van der Waals surface area contributed by atoms with E-state index in [1.807, 2.05) is 0 Å². The first kappa shape index (κ1) is 17.1. The molecule has 1 saturated carbocycles. The second kappa shape index (κ2) is 7.86. The molecule has 5 heteroatoms. The molecule has 3 atom stereocenters. The lowest BCUT2D eigenvalue weighted by Crippen LogP contribution is -2.36. The van der Waals surface area contributed by atoms with Crippen LogP contribution in [0.4, 0.5) is 0 Å². The van der Waals surface area contributed by atoms with E-state index in [9.17, 15) is 10.0 Å². The van der Waals surface area contributed by atoms with E-state index in [0.717, 1.165) is 17.6 Å². The maximum absolute atomic E-state index is 12.1. The fraction of sp³-hybridized carbons (Fsp3) is 0.647. The number of pyridine rings is 1. The third-order valence-electron chi connectivity index (χ3n) is 4.37. The van der Waals surface area contributed by atoms with Gasteiger partial charge in [-0.05, 0) is 48.4 Å². The van der Waals surface area contributed by atoms with Gasteiger partial charge in [-0.1, -0.05) is 27.2 Å². The third kappa shape index (κ3) is 4.63. The second-order valence-electron chi connectivity index (χ2n) is 6.51. The van der Waals surface area contributed by atoms with Crippen molar-refractivity contribution in [2.45, 2.75) is 51.2 Å². The molecule has 1 aromatic rings. The first-order valence-electron chi connectivity index (χ1n) is 7.98. The van der Waals surface area contributed by atoms with Crippen molar-refractivity contribution in [1.82, 2.24) is 0 Å². The van der Waals surface area contributed by atoms with Crippen molar-refractivity contribution in [1.29, 1.82) is 0 Å². The molecule has 0 aromatic carbocycles. The summed E-state index contributed by atoms with van der Waals surface area (Å²) in [6, 6.07) is 5.18. The van der Waals surface area contributed by atoms with Gasteiger partial charge in [-0.2, -0.15) is 4.73 Å². The van der Waals surface area contributed by atoms with Gasteiger partial charge in [0.05, 0.1) is 0 Å². The minimum absolute atomic E-state index is 0.0204. The van der Waals surface area contributed by atoms with Gasteiger partial charge in [0.15, 0.2) is 6.20 Å². The Morgan fingerprint density at radius 3 is 2.91 bits per heavy atom. The van der Waals surface area contributed by atoms with Crippen molar-refractivity contribution in [3.63, 3.8) is 0 Å². The monoisotopic (exact) mass is 323 g/mol. The maximum Gasteiger partial charge on any atom is 0.316 e. The van der Waals surface area contributed by atoms with Crippen molar-refractivity contribution in [3.8, 4) is 0 Å². The van der Waals surface area contributed by atoms with Crippen molar-refractivity contribution in [2.24, 2.45) is 17.8 Å². The van der Waals surface area contributed by atoms with Crippen LogP contribution in [0.25, 0.3) is 0 Å². The average molecular weight is 323 g/mol. The van der Waals surface area contributed by atoms with Crippen LogP contribution in [0.3, 0.4) is 0 Å². The molecule has 1 aromatic heterocycles. The largest absolute Gasteiger partial charge is 0.618 e. The van der Waals surface area contributed by atoms with E-state index in [2.05, 4.69) is 20.8 Å². The summed E-state index contributed by atoms with van der Waals surface area (Å²) in [5, 5.41) is 12.1. The van der Waals surface area contributed by atoms with Crippen LogP contribution in [-0.2, 0) is 9.53 Å². The number of rotatable bonds is 5. The van der Waals surface area contributed by atoms with E-state index in [-0.39, 0.29) is 17.8 Å². The molecule has 0 saturated heterocycles. The minimum atomic E-state index is -0.224. The highest BCUT2D eigenvalue weighted by Crippen LogP contribution is 2.35. The summed E-state index contributed by atoms with van der Waals surface area (Å²) in [6.45, 7) is 6.61. The van der Waals surface area contributed by atoms with Crippen LogP contribution in [-0.4, -0.2) is 17.8 Å². The zero-order valence-corrected chi connectivity index (χ0v) is 14.3. The maximum atomic E-state index is 12.1. The number of thioether (sulfide) groups is 1. The lowest BCUT2D eigenvalue weighted by molar-refractivity contribution is -0.645. The molecule has 0 amide bonds. The lowest BCUT2D eigenvalue weighted by Gasteiger charge is -2.36. The van der Waals surface area contributed by atoms with E-state index < -0.39 is 0 Å². The fourth-order valence-corrected chi connectivity index (χ4v) is 3.81. The molecule has 1 aliphatic rings. The summed E-state index contributed by atoms with van der Waals surface area (Å²) < 4.78 is 6.50. The van der Waals surface area contributed by atoms with Crippen molar-refractivity contribution in [2.75, 3.05) is 5.75 Å². The van der Waals surface area contributed by atoms with E-state index in [4.69, 9.17) is 4.74 Å². The van der Waals surface area contributed by atoms with Crippen LogP contribution in [0.1, 0.15) is 40.0 Å². The first-order chi connectivity index (χ1) is 10.5. The number of carbonyl (C=O) groups is 1. The predicted octanol–water partition coefficient (Wildman–Crippen LogP) is 3.42. The van der Waals surface area contributed by atoms with Gasteiger partial charge in [0.1, 0.15) is 11.9 Å². The summed E-state index contributed by atoms with van der Waals surface area (Å²) in [7, 11) is 0. The van der Waals surface area contributed by atoms with Gasteiger partial charge >= 0.3 is 5.97 Å². The number of hydrogen-bond acceptors (Lipinski definition) is 4. The van der Waals surface area contributed by atoms with Crippen molar-refractivity contribution >= 4 is 17.7 Å². The first-order valence-corrected chi connectivity index (χ1v) is 8.96. The Kier molecular flexibility index (Phi) is 6.12. The number of hydrogen-bond donors (Lipinski definition) is 0. The number of carbonyl (C=O) groups excluding carboxylic acids is 1. The summed E-state index contributed by atoms with van der Waals surface area (Å²) in [5.41, 5.74) is 0. The van der Waals surface area contributed by atoms with Crippen LogP contribution >= 0.6 is 11.8 Å². The van der Waals surface area contributed by atoms with E-state index in [1.54, 1.807) is 18.2 Å². The molecular weight excluding hydrogens is 298 g/mol. The quantitative estimate of drug-likeness (QED) is 0.361. The van der Waals surface area contributed by atoms with Gasteiger partial charge in [0.2, 0.25) is 0 Å². The van der Waals surface area contributed by atoms with Gasteiger partial charge in [-0.15, -0.1) is 0 Å². The van der Waals surface area contributed by atoms with Gasteiger partial charge in [-0.3, -0.25) is 4.79 Å². The molecule has 0 unspecified atom stereocenters. The van der Waals surface area contributed by atoms with Crippen LogP contribution in [0.2, 0.25) is 0 Å². The Balaban J connectivity index is 1.88. The zero-order chi connectivity index (χ0) is 16.1. The fourth-order valence-electron chi connectivity index (χ4n) is 3.11. The second-order valence-corrected chi connectivity index (χ2v) is 7.50. The molecule has 0 aliphatic heterocycles. The van der Waals surface area contributed by atoms with Crippen LogP contribution in [0, 0.1) is 23.0 Å². The molecule has 22 heavy (non-hydrogen) atoms. The summed E-state index contributed by atoms with van der Waals surface area (Å²) in [4.78, 5) is 12.1. The topological polar surface area (TPSA) is 53.2 Å². The molecule has 122 valence electrons. The highest BCUT2D eigenvalue weighted by atomic mass is 32.2. The number of aromatic nitrogens is 1. The molecule has 0 bridgehead atoms. The summed E-state index contributed by atoms with van der Waals surface area (Å²) in [6.07, 6.45) is 4.75. The molecule has 0 spiro atoms. The number of nitrogens with zero attached hydrogens (tertiary/aromatic N) is 1. The van der Waals surface area contributed by atoms with Gasteiger partial charge in [0.25, 0.3) is 5.03 Å². The Morgan fingerprint density at radius 2 is 2.23 bits per heavy atom. The van der Waals surface area contributed by atoms with E-state index in [0.29, 0.717) is 22.8 Å². The zero-order valence-electron chi connectivity index (χ0n) is 13.5. The highest BCUT2D eigenvalue weighted by Gasteiger charge is 2.33. The number of esters is 1. The Hall–Kier alpha value is -1.23. The van der Waals surface area contributed by atoms with Crippen LogP contribution in [0.15, 0.2) is 29.4 Å². The Bertz CT molecular complexity index is 506. The van der Waals surface area contributed by atoms with Gasteiger partial charge in [-0.25, -0.2) is 0 Å². The molecule has 2 rings (SSSR count). The van der Waals surface area contributed by atoms with Crippen molar-refractivity contribution < 1.29 is 14.3 Å². The van der Waals surface area contributed by atoms with Crippen LogP contribution in [0.5, 0.6) is 0 Å². The summed E-state index contributed by atoms with van der Waals surface area (Å²) >= 11 is 1.23. The standard InChI is InChI=1S/C17H25NO3S/c1-12(2)14-8-7-13(3)10-15(14)21-17(19)11-22-16-6-4-5-9-18(16)20/h4-6,9,12-15H,7-8,10-11H2,1-3H3/t13-,14-,15+/m1/s1. The van der Waals surface area contributed by atoms with Crippen LogP contribution < -0.4 is 4.73 Å². The van der Waals surface area contributed by atoms with Gasteiger partial charge in [0, 0.05) is 12.1 Å². The Morgan fingerprint density at radius 1 is 1.45 bits per heavy atom. The molecule has 1 fully saturated rings. The normalized spacial score (nSPS) is 25.2. The predicted molar refractivity (Wildman–Crippen MR) is 87.3 cm³/mol. The minimum Gasteiger partial charge on any atom is -0.618 e. The third-order valence-corrected chi connectivity index (χ3v) is 5.36. The molecule has 1 heterocycles. The van der Waals surface area contributed by atoms with Crippen molar-refractivity contribution in [3.05, 3.63) is 29.6 Å². The SMILES string of the molecule is CC(C)[C@H]1CC[C@@H](C)C[C@@H]1OC(=O)CSc1cccc[n+]1[O-]. The van der Waals surface area contributed by atoms with E-state index in [1.165, 1.54) is 24.4 Å². The molecular formula is C17H25NO3S. The molecule has 4 nitrogen and oxygen atoms in total. The summed E-state index contributed by atoms with van der Waals surface area (Å²) in [5.74, 6) is 1.54. The lowest BCUT2D eigenvalue weighted by atomic mass is 9.75. The average Bonchev–Trinajstić information content (AvgIpc) is 2.46. The molecule has 0 radical (unpaired) electrons. The van der Waals surface area contributed by atoms with Gasteiger partial charge < -0.3 is 9.94 Å². The smallest absolute Gasteiger partial charge is 0.316 e. The molecule has 1 aliphatic carbocycles. The molecule has 0 N–H and O–H groups in total. The number of ether oxygens (including phenoxy) is 1.